The zero-order chi connectivity index (χ0) is 17.6. The average Bonchev–Trinajstić information content (AvgIpc) is 2.63. The molecule has 0 radical (unpaired) electrons. The number of carbonyl (C=O) groups excluding carboxylic acids is 2. The van der Waals surface area contributed by atoms with Gasteiger partial charge in [-0.25, -0.2) is 0 Å². The first-order chi connectivity index (χ1) is 12.2. The summed E-state index contributed by atoms with van der Waals surface area (Å²) in [5.74, 6) is -0.105. The van der Waals surface area contributed by atoms with Crippen molar-refractivity contribution in [1.29, 1.82) is 0 Å². The van der Waals surface area contributed by atoms with Gasteiger partial charge in [-0.05, 0) is 42.3 Å². The summed E-state index contributed by atoms with van der Waals surface area (Å²) in [5.41, 5.74) is 4.37. The van der Waals surface area contributed by atoms with Crippen LogP contribution in [0.5, 0.6) is 5.75 Å². The first-order valence-corrected chi connectivity index (χ1v) is 7.85. The zero-order valence-electron chi connectivity index (χ0n) is 13.7. The van der Waals surface area contributed by atoms with Gasteiger partial charge < -0.3 is 10.1 Å². The number of aryl methyl sites for hydroxylation is 1. The lowest BCUT2D eigenvalue weighted by Crippen LogP contribution is -2.13. The molecule has 0 aromatic heterocycles. The molecule has 0 atom stereocenters. The molecule has 0 aliphatic carbocycles. The minimum atomic E-state index is -0.333. The smallest absolute Gasteiger partial charge is 0.298 e. The summed E-state index contributed by atoms with van der Waals surface area (Å²) >= 11 is 0. The van der Waals surface area contributed by atoms with Crippen molar-refractivity contribution in [3.05, 3.63) is 83.9 Å². The number of rotatable bonds is 5. The largest absolute Gasteiger partial charge is 0.428 e. The van der Waals surface area contributed by atoms with E-state index < -0.39 is 0 Å². The standard InChI is InChI=1S/C21H17NO3/c1-15-5-4-6-17(13-15)16-9-11-18(12-10-16)22-21(24)19-7-2-3-8-20(19)25-14-23/h2-14H,1H3,(H,22,24). The second-order valence-electron chi connectivity index (χ2n) is 5.61. The van der Waals surface area contributed by atoms with E-state index in [1.165, 1.54) is 5.56 Å². The molecule has 0 saturated heterocycles. The predicted octanol–water partition coefficient (Wildman–Crippen LogP) is 4.45. The van der Waals surface area contributed by atoms with Crippen LogP contribution in [0.4, 0.5) is 5.69 Å². The number of carbonyl (C=O) groups is 2. The van der Waals surface area contributed by atoms with Crippen LogP contribution in [-0.2, 0) is 4.79 Å². The van der Waals surface area contributed by atoms with E-state index in [1.807, 2.05) is 36.4 Å². The molecule has 0 fully saturated rings. The van der Waals surface area contributed by atoms with Crippen molar-refractivity contribution < 1.29 is 14.3 Å². The molecule has 4 heteroatoms. The fourth-order valence-electron chi connectivity index (χ4n) is 2.58. The molecule has 25 heavy (non-hydrogen) atoms. The summed E-state index contributed by atoms with van der Waals surface area (Å²) in [6.07, 6.45) is 0. The van der Waals surface area contributed by atoms with Crippen molar-refractivity contribution in [3.8, 4) is 16.9 Å². The third-order valence-corrected chi connectivity index (χ3v) is 3.80. The van der Waals surface area contributed by atoms with Crippen molar-refractivity contribution in [2.24, 2.45) is 0 Å². The van der Waals surface area contributed by atoms with E-state index in [0.29, 0.717) is 17.7 Å². The van der Waals surface area contributed by atoms with Gasteiger partial charge in [-0.3, -0.25) is 9.59 Å². The summed E-state index contributed by atoms with van der Waals surface area (Å²) < 4.78 is 4.84. The van der Waals surface area contributed by atoms with E-state index in [4.69, 9.17) is 4.74 Å². The summed E-state index contributed by atoms with van der Waals surface area (Å²) in [6.45, 7) is 2.36. The Balaban J connectivity index is 1.78. The van der Waals surface area contributed by atoms with Crippen LogP contribution in [0.15, 0.2) is 72.8 Å². The van der Waals surface area contributed by atoms with Gasteiger partial charge in [0, 0.05) is 5.69 Å². The molecule has 0 spiro atoms. The molecule has 1 amide bonds. The van der Waals surface area contributed by atoms with Crippen molar-refractivity contribution in [2.75, 3.05) is 5.32 Å². The highest BCUT2D eigenvalue weighted by molar-refractivity contribution is 6.06. The first-order valence-electron chi connectivity index (χ1n) is 7.85. The van der Waals surface area contributed by atoms with Crippen molar-refractivity contribution in [3.63, 3.8) is 0 Å². The van der Waals surface area contributed by atoms with Gasteiger partial charge in [-0.1, -0.05) is 54.1 Å². The number of anilines is 1. The summed E-state index contributed by atoms with van der Waals surface area (Å²) in [7, 11) is 0. The maximum absolute atomic E-state index is 12.4. The molecule has 1 N–H and O–H groups in total. The van der Waals surface area contributed by atoms with Crippen LogP contribution in [-0.4, -0.2) is 12.4 Å². The Kier molecular flexibility index (Phi) is 4.90. The predicted molar refractivity (Wildman–Crippen MR) is 97.7 cm³/mol. The number of benzene rings is 3. The number of hydrogen-bond acceptors (Lipinski definition) is 3. The lowest BCUT2D eigenvalue weighted by Gasteiger charge is -2.09. The molecule has 3 rings (SSSR count). The van der Waals surface area contributed by atoms with Crippen LogP contribution < -0.4 is 10.1 Å². The van der Waals surface area contributed by atoms with Gasteiger partial charge >= 0.3 is 0 Å². The quantitative estimate of drug-likeness (QED) is 0.703. The number of amides is 1. The SMILES string of the molecule is Cc1cccc(-c2ccc(NC(=O)c3ccccc3OC=O)cc2)c1. The fourth-order valence-corrected chi connectivity index (χ4v) is 2.58. The average molecular weight is 331 g/mol. The number of nitrogens with one attached hydrogen (secondary N) is 1. The normalized spacial score (nSPS) is 10.1. The summed E-state index contributed by atoms with van der Waals surface area (Å²) in [5, 5.41) is 2.81. The van der Waals surface area contributed by atoms with Crippen molar-refractivity contribution in [2.45, 2.75) is 6.92 Å². The first kappa shape index (κ1) is 16.5. The Bertz CT molecular complexity index is 901. The highest BCUT2D eigenvalue weighted by Gasteiger charge is 2.12. The second-order valence-corrected chi connectivity index (χ2v) is 5.61. The number of para-hydroxylation sites is 1. The van der Waals surface area contributed by atoms with Gasteiger partial charge in [0.05, 0.1) is 5.56 Å². The Morgan fingerprint density at radius 3 is 2.40 bits per heavy atom. The molecule has 0 bridgehead atoms. The Hall–Kier alpha value is -3.40. The van der Waals surface area contributed by atoms with Gasteiger partial charge in [0.2, 0.25) is 0 Å². The molecule has 0 aliphatic heterocycles. The van der Waals surface area contributed by atoms with Gasteiger partial charge in [-0.15, -0.1) is 0 Å². The van der Waals surface area contributed by atoms with Crippen LogP contribution in [0.1, 0.15) is 15.9 Å². The van der Waals surface area contributed by atoms with Crippen molar-refractivity contribution in [1.82, 2.24) is 0 Å². The molecule has 0 saturated carbocycles. The van der Waals surface area contributed by atoms with E-state index in [2.05, 4.69) is 24.4 Å². The summed E-state index contributed by atoms with van der Waals surface area (Å²) in [4.78, 5) is 23.0. The molecule has 3 aromatic carbocycles. The van der Waals surface area contributed by atoms with Crippen LogP contribution in [0.25, 0.3) is 11.1 Å². The fraction of sp³-hybridized carbons (Fsp3) is 0.0476. The highest BCUT2D eigenvalue weighted by Crippen LogP contribution is 2.23. The maximum atomic E-state index is 12.4. The van der Waals surface area contributed by atoms with E-state index in [1.54, 1.807) is 24.3 Å². The highest BCUT2D eigenvalue weighted by atomic mass is 16.5. The molecular weight excluding hydrogens is 314 g/mol. The van der Waals surface area contributed by atoms with Gasteiger partial charge in [-0.2, -0.15) is 0 Å². The van der Waals surface area contributed by atoms with Gasteiger partial charge in [0.15, 0.2) is 0 Å². The summed E-state index contributed by atoms with van der Waals surface area (Å²) in [6, 6.07) is 22.4. The molecule has 4 nitrogen and oxygen atoms in total. The molecule has 0 unspecified atom stereocenters. The molecule has 0 heterocycles. The Morgan fingerprint density at radius 1 is 0.920 bits per heavy atom. The van der Waals surface area contributed by atoms with Crippen LogP contribution in [0, 0.1) is 6.92 Å². The monoisotopic (exact) mass is 331 g/mol. The van der Waals surface area contributed by atoms with Crippen LogP contribution in [0.3, 0.4) is 0 Å². The van der Waals surface area contributed by atoms with Crippen molar-refractivity contribution >= 4 is 18.1 Å². The molecule has 124 valence electrons. The zero-order valence-corrected chi connectivity index (χ0v) is 13.7. The number of hydrogen-bond donors (Lipinski definition) is 1. The Labute approximate surface area is 146 Å². The van der Waals surface area contributed by atoms with E-state index >= 15 is 0 Å². The second kappa shape index (κ2) is 7.45. The third-order valence-electron chi connectivity index (χ3n) is 3.80. The maximum Gasteiger partial charge on any atom is 0.298 e. The van der Waals surface area contributed by atoms with Crippen LogP contribution >= 0.6 is 0 Å². The molecule has 3 aromatic rings. The minimum Gasteiger partial charge on any atom is -0.428 e. The molecule has 0 aliphatic rings. The van der Waals surface area contributed by atoms with Gasteiger partial charge in [0.1, 0.15) is 5.75 Å². The van der Waals surface area contributed by atoms with E-state index in [9.17, 15) is 9.59 Å². The lowest BCUT2D eigenvalue weighted by atomic mass is 10.0. The Morgan fingerprint density at radius 2 is 1.68 bits per heavy atom. The topological polar surface area (TPSA) is 55.4 Å². The third kappa shape index (κ3) is 3.93. The van der Waals surface area contributed by atoms with Gasteiger partial charge in [0.25, 0.3) is 12.4 Å². The minimum absolute atomic E-state index is 0.228. The number of ether oxygens (including phenoxy) is 1. The van der Waals surface area contributed by atoms with E-state index in [-0.39, 0.29) is 11.7 Å². The lowest BCUT2D eigenvalue weighted by molar-refractivity contribution is -0.120. The van der Waals surface area contributed by atoms with Crippen LogP contribution in [0.2, 0.25) is 0 Å². The van der Waals surface area contributed by atoms with E-state index in [0.717, 1.165) is 11.1 Å². The molecular formula is C21H17NO3.